The molecule has 0 aliphatic heterocycles. The Morgan fingerprint density at radius 3 is 2.71 bits per heavy atom. The molecule has 1 aromatic heterocycles. The SMILES string of the molecule is O=C(Nc1ccccc1O)c1cccnc1Cl. The van der Waals surface area contributed by atoms with Crippen LogP contribution in [0.4, 0.5) is 5.69 Å². The van der Waals surface area contributed by atoms with E-state index < -0.39 is 5.91 Å². The standard InChI is InChI=1S/C12H9ClN2O2/c13-11-8(4-3-7-14-11)12(17)15-9-5-1-2-6-10(9)16/h1-7,16H,(H,15,17). The Bertz CT molecular complexity index is 558. The zero-order chi connectivity index (χ0) is 12.3. The molecule has 1 amide bonds. The van der Waals surface area contributed by atoms with Crippen LogP contribution in [0.25, 0.3) is 0 Å². The second kappa shape index (κ2) is 4.84. The van der Waals surface area contributed by atoms with Gasteiger partial charge in [-0.3, -0.25) is 4.79 Å². The molecule has 2 rings (SSSR count). The van der Waals surface area contributed by atoms with Gasteiger partial charge in [0, 0.05) is 6.20 Å². The average molecular weight is 249 g/mol. The second-order valence-electron chi connectivity index (χ2n) is 3.31. The number of aromatic nitrogens is 1. The van der Waals surface area contributed by atoms with Gasteiger partial charge >= 0.3 is 0 Å². The lowest BCUT2D eigenvalue weighted by Crippen LogP contribution is -2.12. The third-order valence-electron chi connectivity index (χ3n) is 2.16. The van der Waals surface area contributed by atoms with Crippen LogP contribution in [0.5, 0.6) is 5.75 Å². The maximum absolute atomic E-state index is 11.8. The van der Waals surface area contributed by atoms with Gasteiger partial charge in [-0.25, -0.2) is 4.98 Å². The number of carbonyl (C=O) groups is 1. The van der Waals surface area contributed by atoms with Crippen LogP contribution in [-0.2, 0) is 0 Å². The molecule has 86 valence electrons. The summed E-state index contributed by atoms with van der Waals surface area (Å²) in [5.74, 6) is -0.412. The predicted octanol–water partition coefficient (Wildman–Crippen LogP) is 2.69. The Balaban J connectivity index is 2.24. The molecule has 0 aliphatic carbocycles. The largest absolute Gasteiger partial charge is 0.506 e. The molecule has 1 aromatic carbocycles. The number of aromatic hydroxyl groups is 1. The quantitative estimate of drug-likeness (QED) is 0.634. The smallest absolute Gasteiger partial charge is 0.258 e. The number of hydrogen-bond donors (Lipinski definition) is 2. The van der Waals surface area contributed by atoms with E-state index in [1.54, 1.807) is 30.3 Å². The molecular weight excluding hydrogens is 240 g/mol. The monoisotopic (exact) mass is 248 g/mol. The average Bonchev–Trinajstić information content (AvgIpc) is 2.32. The predicted molar refractivity (Wildman–Crippen MR) is 65.3 cm³/mol. The van der Waals surface area contributed by atoms with E-state index in [0.717, 1.165) is 0 Å². The first-order valence-electron chi connectivity index (χ1n) is 4.88. The van der Waals surface area contributed by atoms with Crippen LogP contribution < -0.4 is 5.32 Å². The van der Waals surface area contributed by atoms with Crippen molar-refractivity contribution >= 4 is 23.2 Å². The van der Waals surface area contributed by atoms with Gasteiger partial charge in [0.1, 0.15) is 10.9 Å². The van der Waals surface area contributed by atoms with Crippen molar-refractivity contribution in [3.05, 3.63) is 53.3 Å². The minimum Gasteiger partial charge on any atom is -0.506 e. The van der Waals surface area contributed by atoms with E-state index in [2.05, 4.69) is 10.3 Å². The van der Waals surface area contributed by atoms with Gasteiger partial charge in [-0.15, -0.1) is 0 Å². The highest BCUT2D eigenvalue weighted by atomic mass is 35.5. The minimum atomic E-state index is -0.412. The van der Waals surface area contributed by atoms with E-state index >= 15 is 0 Å². The molecule has 0 radical (unpaired) electrons. The van der Waals surface area contributed by atoms with Crippen LogP contribution in [0.15, 0.2) is 42.6 Å². The van der Waals surface area contributed by atoms with Crippen molar-refractivity contribution in [1.29, 1.82) is 0 Å². The highest BCUT2D eigenvalue weighted by molar-refractivity contribution is 6.33. The molecule has 2 aromatic rings. The number of amides is 1. The number of hydrogen-bond acceptors (Lipinski definition) is 3. The highest BCUT2D eigenvalue weighted by Gasteiger charge is 2.12. The third-order valence-corrected chi connectivity index (χ3v) is 2.46. The summed E-state index contributed by atoms with van der Waals surface area (Å²) in [5.41, 5.74) is 0.592. The first kappa shape index (κ1) is 11.4. The molecule has 1 heterocycles. The molecule has 0 fully saturated rings. The fraction of sp³-hybridized carbons (Fsp3) is 0. The number of nitrogens with zero attached hydrogens (tertiary/aromatic N) is 1. The first-order valence-corrected chi connectivity index (χ1v) is 5.26. The Morgan fingerprint density at radius 2 is 2.00 bits per heavy atom. The van der Waals surface area contributed by atoms with E-state index in [4.69, 9.17) is 11.6 Å². The Hall–Kier alpha value is -2.07. The van der Waals surface area contributed by atoms with Crippen LogP contribution >= 0.6 is 11.6 Å². The molecule has 0 saturated heterocycles. The molecule has 0 bridgehead atoms. The number of benzene rings is 1. The number of carbonyl (C=O) groups excluding carboxylic acids is 1. The molecule has 0 saturated carbocycles. The van der Waals surface area contributed by atoms with Crippen LogP contribution in [0.2, 0.25) is 5.15 Å². The Kier molecular flexibility index (Phi) is 3.25. The van der Waals surface area contributed by atoms with Crippen molar-refractivity contribution < 1.29 is 9.90 Å². The second-order valence-corrected chi connectivity index (χ2v) is 3.67. The van der Waals surface area contributed by atoms with Gasteiger partial charge in [0.15, 0.2) is 0 Å². The molecule has 0 aliphatic rings. The summed E-state index contributed by atoms with van der Waals surface area (Å²) in [4.78, 5) is 15.6. The maximum Gasteiger partial charge on any atom is 0.258 e. The first-order chi connectivity index (χ1) is 8.18. The molecule has 4 nitrogen and oxygen atoms in total. The number of nitrogens with one attached hydrogen (secondary N) is 1. The number of phenolic OH excluding ortho intramolecular Hbond substituents is 1. The summed E-state index contributed by atoms with van der Waals surface area (Å²) in [6.45, 7) is 0. The van der Waals surface area contributed by atoms with Crippen molar-refractivity contribution in [2.75, 3.05) is 5.32 Å². The van der Waals surface area contributed by atoms with Gasteiger partial charge in [-0.05, 0) is 24.3 Å². The number of halogens is 1. The molecule has 0 unspecified atom stereocenters. The van der Waals surface area contributed by atoms with E-state index in [1.807, 2.05) is 0 Å². The summed E-state index contributed by atoms with van der Waals surface area (Å²) in [5, 5.41) is 12.2. The van der Waals surface area contributed by atoms with Crippen molar-refractivity contribution in [1.82, 2.24) is 4.98 Å². The molecule has 5 heteroatoms. The van der Waals surface area contributed by atoms with Crippen molar-refractivity contribution in [3.63, 3.8) is 0 Å². The number of rotatable bonds is 2. The molecule has 2 N–H and O–H groups in total. The minimum absolute atomic E-state index is 0.000799. The maximum atomic E-state index is 11.8. The van der Waals surface area contributed by atoms with Crippen molar-refractivity contribution in [2.24, 2.45) is 0 Å². The van der Waals surface area contributed by atoms with Crippen LogP contribution in [-0.4, -0.2) is 16.0 Å². The van der Waals surface area contributed by atoms with Gasteiger partial charge in [-0.2, -0.15) is 0 Å². The van der Waals surface area contributed by atoms with Crippen molar-refractivity contribution in [3.8, 4) is 5.75 Å². The summed E-state index contributed by atoms with van der Waals surface area (Å²) < 4.78 is 0. The number of para-hydroxylation sites is 2. The number of anilines is 1. The zero-order valence-corrected chi connectivity index (χ0v) is 9.48. The molecule has 0 atom stereocenters. The fourth-order valence-electron chi connectivity index (χ4n) is 1.32. The lowest BCUT2D eigenvalue weighted by molar-refractivity contribution is 0.102. The lowest BCUT2D eigenvalue weighted by Gasteiger charge is -2.07. The van der Waals surface area contributed by atoms with E-state index in [1.165, 1.54) is 12.3 Å². The van der Waals surface area contributed by atoms with Gasteiger partial charge in [0.2, 0.25) is 0 Å². The van der Waals surface area contributed by atoms with Crippen molar-refractivity contribution in [2.45, 2.75) is 0 Å². The molecular formula is C12H9ClN2O2. The van der Waals surface area contributed by atoms with Gasteiger partial charge in [0.25, 0.3) is 5.91 Å². The fourth-order valence-corrected chi connectivity index (χ4v) is 1.53. The normalized spacial score (nSPS) is 9.94. The van der Waals surface area contributed by atoms with Crippen LogP contribution in [0.3, 0.4) is 0 Å². The van der Waals surface area contributed by atoms with Gasteiger partial charge < -0.3 is 10.4 Å². The topological polar surface area (TPSA) is 62.2 Å². The number of pyridine rings is 1. The summed E-state index contributed by atoms with van der Waals surface area (Å²) >= 11 is 5.79. The zero-order valence-electron chi connectivity index (χ0n) is 8.72. The van der Waals surface area contributed by atoms with Crippen LogP contribution in [0, 0.1) is 0 Å². The van der Waals surface area contributed by atoms with Gasteiger partial charge in [0.05, 0.1) is 11.3 Å². The van der Waals surface area contributed by atoms with Gasteiger partial charge in [-0.1, -0.05) is 23.7 Å². The third kappa shape index (κ3) is 2.54. The summed E-state index contributed by atoms with van der Waals surface area (Å²) in [6.07, 6.45) is 1.50. The molecule has 17 heavy (non-hydrogen) atoms. The Morgan fingerprint density at radius 1 is 1.24 bits per heavy atom. The summed E-state index contributed by atoms with van der Waals surface area (Å²) in [7, 11) is 0. The summed E-state index contributed by atoms with van der Waals surface area (Å²) in [6, 6.07) is 9.64. The van der Waals surface area contributed by atoms with Crippen LogP contribution in [0.1, 0.15) is 10.4 Å². The van der Waals surface area contributed by atoms with E-state index in [0.29, 0.717) is 5.69 Å². The van der Waals surface area contributed by atoms with E-state index in [9.17, 15) is 9.90 Å². The number of phenols is 1. The Labute approximate surface area is 103 Å². The lowest BCUT2D eigenvalue weighted by atomic mass is 10.2. The molecule has 0 spiro atoms. The van der Waals surface area contributed by atoms with E-state index in [-0.39, 0.29) is 16.5 Å². The highest BCUT2D eigenvalue weighted by Crippen LogP contribution is 2.23.